The van der Waals surface area contributed by atoms with Gasteiger partial charge in [-0.15, -0.1) is 0 Å². The third kappa shape index (κ3) is 4.44. The van der Waals surface area contributed by atoms with E-state index >= 15 is 0 Å². The molecule has 1 aliphatic heterocycles. The van der Waals surface area contributed by atoms with Gasteiger partial charge in [0.05, 0.1) is 25.8 Å². The molecule has 6 nitrogen and oxygen atoms in total. The minimum absolute atomic E-state index is 0.155. The van der Waals surface area contributed by atoms with Crippen molar-refractivity contribution in [3.8, 4) is 0 Å². The first kappa shape index (κ1) is 15.2. The smallest absolute Gasteiger partial charge is 0.410 e. The number of aliphatic hydroxyl groups excluding tert-OH is 1. The number of aliphatic hydroxyl groups is 1. The second-order valence-corrected chi connectivity index (χ2v) is 5.19. The lowest BCUT2D eigenvalue weighted by Crippen LogP contribution is -2.55. The van der Waals surface area contributed by atoms with E-state index in [0.29, 0.717) is 6.61 Å². The topological polar surface area (TPSA) is 68.2 Å². The second kappa shape index (κ2) is 6.36. The molecule has 1 saturated heterocycles. The van der Waals surface area contributed by atoms with E-state index in [4.69, 9.17) is 14.2 Å². The van der Waals surface area contributed by atoms with Gasteiger partial charge in [-0.25, -0.2) is 4.79 Å². The van der Waals surface area contributed by atoms with Crippen molar-refractivity contribution in [1.82, 2.24) is 4.90 Å². The number of hydrogen-bond donors (Lipinski definition) is 1. The van der Waals surface area contributed by atoms with Crippen molar-refractivity contribution in [1.29, 1.82) is 0 Å². The Morgan fingerprint density at radius 2 is 2.17 bits per heavy atom. The zero-order valence-electron chi connectivity index (χ0n) is 11.5. The highest BCUT2D eigenvalue weighted by molar-refractivity contribution is 5.68. The van der Waals surface area contributed by atoms with Gasteiger partial charge in [0.25, 0.3) is 0 Å². The van der Waals surface area contributed by atoms with Crippen molar-refractivity contribution in [2.75, 3.05) is 26.4 Å². The van der Waals surface area contributed by atoms with E-state index < -0.39 is 18.0 Å². The number of morpholine rings is 1. The molecular weight excluding hydrogens is 238 g/mol. The fourth-order valence-corrected chi connectivity index (χ4v) is 1.65. The molecule has 1 N–H and O–H groups in total. The summed E-state index contributed by atoms with van der Waals surface area (Å²) in [5.41, 5.74) is -0.559. The molecule has 0 unspecified atom stereocenters. The van der Waals surface area contributed by atoms with Gasteiger partial charge in [-0.3, -0.25) is 4.90 Å². The molecule has 0 saturated carbocycles. The molecule has 106 valence electrons. The first-order chi connectivity index (χ1) is 8.37. The number of hydrogen-bond acceptors (Lipinski definition) is 5. The van der Waals surface area contributed by atoms with Crippen LogP contribution in [0.2, 0.25) is 0 Å². The molecule has 0 radical (unpaired) electrons. The lowest BCUT2D eigenvalue weighted by Gasteiger charge is -2.38. The molecule has 1 heterocycles. The molecule has 1 rings (SSSR count). The van der Waals surface area contributed by atoms with E-state index in [9.17, 15) is 9.90 Å². The van der Waals surface area contributed by atoms with Gasteiger partial charge in [0.1, 0.15) is 5.60 Å². The molecule has 1 fully saturated rings. The second-order valence-electron chi connectivity index (χ2n) is 5.19. The Kier molecular flexibility index (Phi) is 5.37. The fourth-order valence-electron chi connectivity index (χ4n) is 1.65. The molecule has 0 aromatic carbocycles. The Morgan fingerprint density at radius 3 is 2.67 bits per heavy atom. The summed E-state index contributed by atoms with van der Waals surface area (Å²) in [6, 6.07) is -0.378. The number of ether oxygens (including phenoxy) is 3. The molecule has 0 aliphatic carbocycles. The van der Waals surface area contributed by atoms with E-state index in [1.54, 1.807) is 20.8 Å². The first-order valence-corrected chi connectivity index (χ1v) is 6.21. The Morgan fingerprint density at radius 1 is 1.50 bits per heavy atom. The van der Waals surface area contributed by atoms with E-state index in [-0.39, 0.29) is 25.8 Å². The molecule has 0 spiro atoms. The SMILES string of the molecule is CCO[C@@H]1CN(C(=O)OC(C)(C)C)[C@@H](CO)CO1. The van der Waals surface area contributed by atoms with Crippen LogP contribution in [0.3, 0.4) is 0 Å². The Labute approximate surface area is 108 Å². The number of rotatable bonds is 3. The van der Waals surface area contributed by atoms with Crippen LogP contribution in [-0.2, 0) is 14.2 Å². The molecule has 2 atom stereocenters. The van der Waals surface area contributed by atoms with Gasteiger partial charge in [-0.05, 0) is 27.7 Å². The monoisotopic (exact) mass is 261 g/mol. The molecule has 0 bridgehead atoms. The Balaban J connectivity index is 2.64. The van der Waals surface area contributed by atoms with E-state index in [1.807, 2.05) is 6.92 Å². The van der Waals surface area contributed by atoms with Gasteiger partial charge in [-0.2, -0.15) is 0 Å². The van der Waals surface area contributed by atoms with Gasteiger partial charge >= 0.3 is 6.09 Å². The quantitative estimate of drug-likeness (QED) is 0.820. The number of carbonyl (C=O) groups is 1. The number of amides is 1. The molecule has 1 amide bonds. The molecule has 0 aromatic rings. The summed E-state index contributed by atoms with van der Waals surface area (Å²) in [4.78, 5) is 13.5. The molecule has 18 heavy (non-hydrogen) atoms. The van der Waals surface area contributed by atoms with Crippen molar-refractivity contribution >= 4 is 6.09 Å². The van der Waals surface area contributed by atoms with Crippen LogP contribution in [0.1, 0.15) is 27.7 Å². The Hall–Kier alpha value is -0.850. The summed E-state index contributed by atoms with van der Waals surface area (Å²) in [5.74, 6) is 0. The van der Waals surface area contributed by atoms with Crippen LogP contribution in [0.5, 0.6) is 0 Å². The molecule has 0 aromatic heterocycles. The highest BCUT2D eigenvalue weighted by atomic mass is 16.7. The first-order valence-electron chi connectivity index (χ1n) is 6.21. The predicted octanol–water partition coefficient (Wildman–Crippen LogP) is 0.977. The summed E-state index contributed by atoms with van der Waals surface area (Å²) >= 11 is 0. The van der Waals surface area contributed by atoms with Gasteiger partial charge in [0.2, 0.25) is 0 Å². The van der Waals surface area contributed by atoms with Gasteiger partial charge in [0, 0.05) is 6.61 Å². The summed E-state index contributed by atoms with van der Waals surface area (Å²) in [6.07, 6.45) is -0.903. The fraction of sp³-hybridized carbons (Fsp3) is 0.917. The maximum absolute atomic E-state index is 12.0. The van der Waals surface area contributed by atoms with Gasteiger partial charge in [0.15, 0.2) is 6.29 Å². The van der Waals surface area contributed by atoms with Gasteiger partial charge < -0.3 is 19.3 Å². The summed E-state index contributed by atoms with van der Waals surface area (Å²) in [7, 11) is 0. The van der Waals surface area contributed by atoms with Gasteiger partial charge in [-0.1, -0.05) is 0 Å². The van der Waals surface area contributed by atoms with E-state index in [2.05, 4.69) is 0 Å². The zero-order chi connectivity index (χ0) is 13.8. The molecule has 1 aliphatic rings. The third-order valence-electron chi connectivity index (χ3n) is 2.45. The van der Waals surface area contributed by atoms with Crippen molar-refractivity contribution < 1.29 is 24.1 Å². The van der Waals surface area contributed by atoms with Crippen molar-refractivity contribution in [3.63, 3.8) is 0 Å². The lowest BCUT2D eigenvalue weighted by atomic mass is 10.2. The standard InChI is InChI=1S/C12H23NO5/c1-5-16-10-6-13(9(7-14)8-17-10)11(15)18-12(2,3)4/h9-10,14H,5-8H2,1-4H3/t9-,10-/m0/s1. The minimum atomic E-state index is -0.559. The van der Waals surface area contributed by atoms with Crippen LogP contribution in [-0.4, -0.2) is 60.4 Å². The minimum Gasteiger partial charge on any atom is -0.444 e. The normalized spacial score (nSPS) is 25.1. The third-order valence-corrected chi connectivity index (χ3v) is 2.45. The zero-order valence-corrected chi connectivity index (χ0v) is 11.5. The molecule has 6 heteroatoms. The van der Waals surface area contributed by atoms with Crippen LogP contribution in [0, 0.1) is 0 Å². The number of nitrogens with zero attached hydrogens (tertiary/aromatic N) is 1. The van der Waals surface area contributed by atoms with Crippen molar-refractivity contribution in [2.24, 2.45) is 0 Å². The largest absolute Gasteiger partial charge is 0.444 e. The van der Waals surface area contributed by atoms with Crippen LogP contribution < -0.4 is 0 Å². The van der Waals surface area contributed by atoms with Crippen molar-refractivity contribution in [3.05, 3.63) is 0 Å². The maximum Gasteiger partial charge on any atom is 0.410 e. The Bertz CT molecular complexity index is 276. The van der Waals surface area contributed by atoms with Crippen LogP contribution in [0.25, 0.3) is 0 Å². The summed E-state index contributed by atoms with van der Waals surface area (Å²) < 4.78 is 16.0. The highest BCUT2D eigenvalue weighted by Gasteiger charge is 2.34. The molecular formula is C12H23NO5. The average Bonchev–Trinajstić information content (AvgIpc) is 2.27. The van der Waals surface area contributed by atoms with Crippen LogP contribution >= 0.6 is 0 Å². The number of carbonyl (C=O) groups excluding carboxylic acids is 1. The average molecular weight is 261 g/mol. The van der Waals surface area contributed by atoms with Crippen molar-refractivity contribution in [2.45, 2.75) is 45.6 Å². The lowest BCUT2D eigenvalue weighted by molar-refractivity contribution is -0.192. The van der Waals surface area contributed by atoms with Crippen LogP contribution in [0.15, 0.2) is 0 Å². The van der Waals surface area contributed by atoms with Crippen LogP contribution in [0.4, 0.5) is 4.79 Å². The predicted molar refractivity (Wildman–Crippen MR) is 65.2 cm³/mol. The van der Waals surface area contributed by atoms with E-state index in [1.165, 1.54) is 4.90 Å². The summed E-state index contributed by atoms with van der Waals surface area (Å²) in [6.45, 7) is 8.15. The summed E-state index contributed by atoms with van der Waals surface area (Å²) in [5, 5.41) is 9.25. The van der Waals surface area contributed by atoms with E-state index in [0.717, 1.165) is 0 Å². The maximum atomic E-state index is 12.0. The highest BCUT2D eigenvalue weighted by Crippen LogP contribution is 2.17.